The highest BCUT2D eigenvalue weighted by Crippen LogP contribution is 2.42. The van der Waals surface area contributed by atoms with E-state index in [9.17, 15) is 22.8 Å². The second-order valence-electron chi connectivity index (χ2n) is 7.95. The van der Waals surface area contributed by atoms with Crippen molar-refractivity contribution in [3.05, 3.63) is 95.6 Å². The zero-order valence-electron chi connectivity index (χ0n) is 18.4. The Bertz CT molecular complexity index is 1150. The van der Waals surface area contributed by atoms with Gasteiger partial charge in [-0.05, 0) is 53.9 Å². The van der Waals surface area contributed by atoms with Crippen molar-refractivity contribution in [2.75, 3.05) is 16.0 Å². The molecule has 1 heterocycles. The Morgan fingerprint density at radius 3 is 2.26 bits per heavy atom. The number of hydrogen-bond donors (Lipinski definition) is 1. The molecule has 1 fully saturated rings. The van der Waals surface area contributed by atoms with Crippen molar-refractivity contribution in [2.45, 2.75) is 30.8 Å². The lowest BCUT2D eigenvalue weighted by atomic mass is 9.95. The van der Waals surface area contributed by atoms with Gasteiger partial charge in [0.1, 0.15) is 5.37 Å². The summed E-state index contributed by atoms with van der Waals surface area (Å²) in [6.07, 6.45) is -3.77. The normalized spacial score (nSPS) is 17.0. The van der Waals surface area contributed by atoms with Gasteiger partial charge in [0, 0.05) is 11.4 Å². The number of nitrogens with zero attached hydrogens (tertiary/aromatic N) is 1. The fourth-order valence-electron chi connectivity index (χ4n) is 3.98. The van der Waals surface area contributed by atoms with E-state index in [0.717, 1.165) is 23.3 Å². The molecule has 176 valence electrons. The largest absolute Gasteiger partial charge is 0.416 e. The SMILES string of the molecule is CC[C@@H](C(=O)Nc1ccc([C@@H]2SCC(=O)N2c2ccc(C(F)(F)F)cc2)cc1)c1ccccc1. The van der Waals surface area contributed by atoms with Crippen molar-refractivity contribution in [3.8, 4) is 0 Å². The number of alkyl halides is 3. The van der Waals surface area contributed by atoms with E-state index in [4.69, 9.17) is 0 Å². The predicted octanol–water partition coefficient (Wildman–Crippen LogP) is 6.62. The van der Waals surface area contributed by atoms with Crippen LogP contribution in [0.1, 0.15) is 41.3 Å². The Balaban J connectivity index is 1.49. The molecule has 0 aliphatic carbocycles. The maximum atomic E-state index is 12.9. The number of nitrogens with one attached hydrogen (secondary N) is 1. The zero-order valence-corrected chi connectivity index (χ0v) is 19.2. The first-order valence-corrected chi connectivity index (χ1v) is 11.9. The van der Waals surface area contributed by atoms with Crippen LogP contribution >= 0.6 is 11.8 Å². The highest BCUT2D eigenvalue weighted by Gasteiger charge is 2.35. The monoisotopic (exact) mass is 484 g/mol. The van der Waals surface area contributed by atoms with Gasteiger partial charge in [-0.25, -0.2) is 0 Å². The number of hydrogen-bond acceptors (Lipinski definition) is 3. The molecule has 4 rings (SSSR count). The number of carbonyl (C=O) groups is 2. The van der Waals surface area contributed by atoms with Crippen LogP contribution in [0.25, 0.3) is 0 Å². The first kappa shape index (κ1) is 23.9. The van der Waals surface area contributed by atoms with E-state index in [-0.39, 0.29) is 28.9 Å². The molecule has 0 bridgehead atoms. The first-order chi connectivity index (χ1) is 16.3. The molecule has 3 aromatic rings. The molecule has 1 aliphatic heterocycles. The van der Waals surface area contributed by atoms with E-state index in [2.05, 4.69) is 5.32 Å². The Kier molecular flexibility index (Phi) is 6.97. The van der Waals surface area contributed by atoms with Crippen LogP contribution in [0.15, 0.2) is 78.9 Å². The maximum Gasteiger partial charge on any atom is 0.416 e. The summed E-state index contributed by atoms with van der Waals surface area (Å²) in [5, 5.41) is 2.59. The lowest BCUT2D eigenvalue weighted by molar-refractivity contribution is -0.137. The minimum Gasteiger partial charge on any atom is -0.326 e. The number of rotatable bonds is 6. The van der Waals surface area contributed by atoms with E-state index >= 15 is 0 Å². The van der Waals surface area contributed by atoms with Crippen molar-refractivity contribution >= 4 is 35.0 Å². The molecule has 0 radical (unpaired) electrons. The molecule has 3 aromatic carbocycles. The van der Waals surface area contributed by atoms with Crippen LogP contribution in [0.3, 0.4) is 0 Å². The van der Waals surface area contributed by atoms with E-state index in [1.807, 2.05) is 49.4 Å². The summed E-state index contributed by atoms with van der Waals surface area (Å²) in [5.74, 6) is -0.294. The van der Waals surface area contributed by atoms with Crippen LogP contribution < -0.4 is 10.2 Å². The molecule has 1 saturated heterocycles. The molecular formula is C26H23F3N2O2S. The summed E-state index contributed by atoms with van der Waals surface area (Å²) in [5.41, 5.74) is 2.07. The van der Waals surface area contributed by atoms with Crippen LogP contribution in [0.5, 0.6) is 0 Å². The van der Waals surface area contributed by atoms with Gasteiger partial charge in [0.05, 0.1) is 17.2 Å². The molecule has 0 spiro atoms. The standard InChI is InChI=1S/C26H23F3N2O2S/c1-2-22(17-6-4-3-5-7-17)24(33)30-20-12-8-18(9-13-20)25-31(23(32)16-34-25)21-14-10-19(11-15-21)26(27,28)29/h3-15,22,25H,2,16H2,1H3,(H,30,33)/t22-,25+/m1/s1. The van der Waals surface area contributed by atoms with E-state index < -0.39 is 11.7 Å². The highest BCUT2D eigenvalue weighted by atomic mass is 32.2. The topological polar surface area (TPSA) is 49.4 Å². The summed E-state index contributed by atoms with van der Waals surface area (Å²) in [7, 11) is 0. The van der Waals surface area contributed by atoms with Crippen molar-refractivity contribution in [3.63, 3.8) is 0 Å². The molecule has 0 aromatic heterocycles. The number of anilines is 2. The molecule has 1 aliphatic rings. The lowest BCUT2D eigenvalue weighted by Crippen LogP contribution is -2.27. The van der Waals surface area contributed by atoms with Gasteiger partial charge in [0.25, 0.3) is 0 Å². The van der Waals surface area contributed by atoms with E-state index in [1.165, 1.54) is 28.8 Å². The summed E-state index contributed by atoms with van der Waals surface area (Å²) in [6, 6.07) is 21.4. The van der Waals surface area contributed by atoms with Crippen LogP contribution in [-0.4, -0.2) is 17.6 Å². The fraction of sp³-hybridized carbons (Fsp3) is 0.231. The van der Waals surface area contributed by atoms with Crippen LogP contribution in [-0.2, 0) is 15.8 Å². The highest BCUT2D eigenvalue weighted by molar-refractivity contribution is 8.00. The van der Waals surface area contributed by atoms with Crippen LogP contribution in [0.2, 0.25) is 0 Å². The van der Waals surface area contributed by atoms with Gasteiger partial charge in [-0.3, -0.25) is 14.5 Å². The minimum absolute atomic E-state index is 0.0988. The van der Waals surface area contributed by atoms with Crippen LogP contribution in [0, 0.1) is 0 Å². The number of thioether (sulfide) groups is 1. The average Bonchev–Trinajstić information content (AvgIpc) is 3.21. The Morgan fingerprint density at radius 1 is 1.03 bits per heavy atom. The Labute approximate surface area is 200 Å². The first-order valence-electron chi connectivity index (χ1n) is 10.8. The van der Waals surface area contributed by atoms with E-state index in [0.29, 0.717) is 17.8 Å². The molecule has 0 unspecified atom stereocenters. The van der Waals surface area contributed by atoms with Gasteiger partial charge < -0.3 is 5.32 Å². The molecule has 2 amide bonds. The molecule has 0 saturated carbocycles. The van der Waals surface area contributed by atoms with Gasteiger partial charge in [0.15, 0.2) is 0 Å². The molecular weight excluding hydrogens is 461 g/mol. The number of benzene rings is 3. The van der Waals surface area contributed by atoms with Gasteiger partial charge in [-0.1, -0.05) is 49.4 Å². The second-order valence-corrected chi connectivity index (χ2v) is 9.02. The van der Waals surface area contributed by atoms with Crippen molar-refractivity contribution in [2.24, 2.45) is 0 Å². The molecule has 2 atom stereocenters. The minimum atomic E-state index is -4.43. The third-order valence-electron chi connectivity index (χ3n) is 5.73. The van der Waals surface area contributed by atoms with Gasteiger partial charge >= 0.3 is 6.18 Å². The van der Waals surface area contributed by atoms with E-state index in [1.54, 1.807) is 12.1 Å². The summed E-state index contributed by atoms with van der Waals surface area (Å²) >= 11 is 1.41. The number of carbonyl (C=O) groups excluding carboxylic acids is 2. The molecule has 8 heteroatoms. The fourth-order valence-corrected chi connectivity index (χ4v) is 5.16. The number of halogens is 3. The second kappa shape index (κ2) is 9.93. The quantitative estimate of drug-likeness (QED) is 0.428. The molecule has 4 nitrogen and oxygen atoms in total. The Hall–Kier alpha value is -3.26. The summed E-state index contributed by atoms with van der Waals surface area (Å²) < 4.78 is 38.7. The zero-order chi connectivity index (χ0) is 24.3. The third-order valence-corrected chi connectivity index (χ3v) is 6.94. The molecule has 34 heavy (non-hydrogen) atoms. The van der Waals surface area contributed by atoms with Crippen LogP contribution in [0.4, 0.5) is 24.5 Å². The maximum absolute atomic E-state index is 12.9. The third kappa shape index (κ3) is 5.12. The van der Waals surface area contributed by atoms with Crippen molar-refractivity contribution < 1.29 is 22.8 Å². The van der Waals surface area contributed by atoms with Crippen molar-refractivity contribution in [1.29, 1.82) is 0 Å². The van der Waals surface area contributed by atoms with Gasteiger partial charge in [-0.2, -0.15) is 13.2 Å². The Morgan fingerprint density at radius 2 is 1.68 bits per heavy atom. The lowest BCUT2D eigenvalue weighted by Gasteiger charge is -2.25. The van der Waals surface area contributed by atoms with Gasteiger partial charge in [0.2, 0.25) is 11.8 Å². The summed E-state index contributed by atoms with van der Waals surface area (Å²) in [6.45, 7) is 1.96. The smallest absolute Gasteiger partial charge is 0.326 e. The molecule has 1 N–H and O–H groups in total. The van der Waals surface area contributed by atoms with Crippen molar-refractivity contribution in [1.82, 2.24) is 0 Å². The summed E-state index contributed by atoms with van der Waals surface area (Å²) in [4.78, 5) is 26.9. The van der Waals surface area contributed by atoms with Gasteiger partial charge in [-0.15, -0.1) is 11.8 Å². The predicted molar refractivity (Wildman–Crippen MR) is 129 cm³/mol. The number of amides is 2. The average molecular weight is 485 g/mol.